The van der Waals surface area contributed by atoms with Crippen LogP contribution in [0.3, 0.4) is 0 Å². The number of aryl methyl sites for hydroxylation is 1. The van der Waals surface area contributed by atoms with Gasteiger partial charge in [-0.05, 0) is 20.4 Å². The van der Waals surface area contributed by atoms with Gasteiger partial charge in [0, 0.05) is 23.8 Å². The molecule has 1 unspecified atom stereocenters. The van der Waals surface area contributed by atoms with Crippen LogP contribution in [0.2, 0.25) is 0 Å². The Morgan fingerprint density at radius 2 is 2.35 bits per heavy atom. The van der Waals surface area contributed by atoms with E-state index in [1.165, 1.54) is 5.69 Å². The second kappa shape index (κ2) is 5.42. The van der Waals surface area contributed by atoms with Crippen LogP contribution in [0.4, 0.5) is 0 Å². The molecule has 0 aliphatic rings. The van der Waals surface area contributed by atoms with Crippen molar-refractivity contribution in [2.75, 3.05) is 6.54 Å². The molecule has 1 N–H and O–H groups in total. The molecule has 0 spiro atoms. The van der Waals surface area contributed by atoms with Crippen LogP contribution in [0.1, 0.15) is 36.3 Å². The SMILES string of the molecule is CCNCc1cncn1C(C)c1nc(C)cs1. The minimum Gasteiger partial charge on any atom is -0.324 e. The molecule has 2 rings (SSSR count). The van der Waals surface area contributed by atoms with E-state index in [9.17, 15) is 0 Å². The summed E-state index contributed by atoms with van der Waals surface area (Å²) in [6, 6.07) is 0.254. The molecule has 0 aliphatic heterocycles. The van der Waals surface area contributed by atoms with Crippen LogP contribution >= 0.6 is 11.3 Å². The number of hydrogen-bond donors (Lipinski definition) is 1. The number of rotatable bonds is 5. The summed E-state index contributed by atoms with van der Waals surface area (Å²) < 4.78 is 2.18. The van der Waals surface area contributed by atoms with E-state index in [4.69, 9.17) is 0 Å². The lowest BCUT2D eigenvalue weighted by molar-refractivity contribution is 0.579. The Hall–Kier alpha value is -1.20. The zero-order valence-electron chi connectivity index (χ0n) is 10.5. The Bertz CT molecular complexity index is 474. The van der Waals surface area contributed by atoms with Crippen molar-refractivity contribution in [3.63, 3.8) is 0 Å². The van der Waals surface area contributed by atoms with Gasteiger partial charge in [0.25, 0.3) is 0 Å². The van der Waals surface area contributed by atoms with E-state index < -0.39 is 0 Å². The van der Waals surface area contributed by atoms with E-state index >= 15 is 0 Å². The molecule has 0 fully saturated rings. The molecule has 0 bridgehead atoms. The Labute approximate surface area is 106 Å². The standard InChI is InChI=1S/C12H18N4S/c1-4-13-5-11-6-14-8-16(11)10(3)12-15-9(2)7-17-12/h6-8,10,13H,4-5H2,1-3H3. The normalized spacial score (nSPS) is 12.9. The maximum Gasteiger partial charge on any atom is 0.115 e. The van der Waals surface area contributed by atoms with Gasteiger partial charge in [0.05, 0.1) is 18.1 Å². The number of aromatic nitrogens is 3. The zero-order valence-corrected chi connectivity index (χ0v) is 11.3. The van der Waals surface area contributed by atoms with Gasteiger partial charge < -0.3 is 9.88 Å². The van der Waals surface area contributed by atoms with Crippen molar-refractivity contribution in [3.05, 3.63) is 34.3 Å². The second-order valence-electron chi connectivity index (χ2n) is 4.08. The monoisotopic (exact) mass is 250 g/mol. The fraction of sp³-hybridized carbons (Fsp3) is 0.500. The quantitative estimate of drug-likeness (QED) is 0.886. The van der Waals surface area contributed by atoms with E-state index in [-0.39, 0.29) is 6.04 Å². The Morgan fingerprint density at radius 1 is 1.53 bits per heavy atom. The third-order valence-electron chi connectivity index (χ3n) is 2.71. The molecule has 2 heterocycles. The highest BCUT2D eigenvalue weighted by molar-refractivity contribution is 7.09. The third-order valence-corrected chi connectivity index (χ3v) is 3.85. The molecule has 0 aliphatic carbocycles. The van der Waals surface area contributed by atoms with Crippen LogP contribution < -0.4 is 5.32 Å². The van der Waals surface area contributed by atoms with Gasteiger partial charge in [-0.1, -0.05) is 6.92 Å². The predicted molar refractivity (Wildman–Crippen MR) is 70.3 cm³/mol. The fourth-order valence-corrected chi connectivity index (χ4v) is 2.60. The van der Waals surface area contributed by atoms with Crippen molar-refractivity contribution in [1.82, 2.24) is 19.9 Å². The van der Waals surface area contributed by atoms with E-state index in [1.54, 1.807) is 11.3 Å². The maximum absolute atomic E-state index is 4.54. The van der Waals surface area contributed by atoms with Crippen LogP contribution in [0, 0.1) is 6.92 Å². The summed E-state index contributed by atoms with van der Waals surface area (Å²) in [5, 5.41) is 6.55. The molecule has 2 aromatic heterocycles. The fourth-order valence-electron chi connectivity index (χ4n) is 1.75. The first-order valence-electron chi connectivity index (χ1n) is 5.85. The lowest BCUT2D eigenvalue weighted by atomic mass is 10.3. The molecule has 0 aromatic carbocycles. The number of imidazole rings is 1. The first kappa shape index (κ1) is 12.3. The minimum absolute atomic E-state index is 0.254. The van der Waals surface area contributed by atoms with Gasteiger partial charge >= 0.3 is 0 Å². The third kappa shape index (κ3) is 2.73. The van der Waals surface area contributed by atoms with Crippen LogP contribution in [0.15, 0.2) is 17.9 Å². The highest BCUT2D eigenvalue weighted by Crippen LogP contribution is 2.22. The summed E-state index contributed by atoms with van der Waals surface area (Å²) >= 11 is 1.71. The van der Waals surface area contributed by atoms with Crippen molar-refractivity contribution < 1.29 is 0 Å². The predicted octanol–water partition coefficient (Wildman–Crippen LogP) is 2.37. The highest BCUT2D eigenvalue weighted by Gasteiger charge is 2.14. The lowest BCUT2D eigenvalue weighted by Crippen LogP contribution is -2.17. The summed E-state index contributed by atoms with van der Waals surface area (Å²) in [7, 11) is 0. The summed E-state index contributed by atoms with van der Waals surface area (Å²) in [5.41, 5.74) is 2.29. The molecule has 0 radical (unpaired) electrons. The van der Waals surface area contributed by atoms with Gasteiger partial charge in [-0.15, -0.1) is 11.3 Å². The first-order chi connectivity index (χ1) is 8.22. The van der Waals surface area contributed by atoms with Crippen molar-refractivity contribution >= 4 is 11.3 Å². The Morgan fingerprint density at radius 3 is 3.00 bits per heavy atom. The molecule has 0 amide bonds. The molecule has 1 atom stereocenters. The summed E-state index contributed by atoms with van der Waals surface area (Å²) in [5.74, 6) is 0. The number of thiazole rings is 1. The van der Waals surface area contributed by atoms with Crippen molar-refractivity contribution in [2.24, 2.45) is 0 Å². The Balaban J connectivity index is 2.18. The zero-order chi connectivity index (χ0) is 12.3. The minimum atomic E-state index is 0.254. The smallest absolute Gasteiger partial charge is 0.115 e. The molecule has 92 valence electrons. The van der Waals surface area contributed by atoms with Gasteiger partial charge in [-0.25, -0.2) is 9.97 Å². The van der Waals surface area contributed by atoms with Gasteiger partial charge in [-0.2, -0.15) is 0 Å². The molecule has 4 nitrogen and oxygen atoms in total. The molecule has 17 heavy (non-hydrogen) atoms. The summed E-state index contributed by atoms with van der Waals surface area (Å²) in [6.45, 7) is 8.12. The van der Waals surface area contributed by atoms with Crippen molar-refractivity contribution in [3.8, 4) is 0 Å². The Kier molecular flexibility index (Phi) is 3.91. The van der Waals surface area contributed by atoms with E-state index in [2.05, 4.69) is 39.1 Å². The molecule has 0 saturated carbocycles. The van der Waals surface area contributed by atoms with Crippen molar-refractivity contribution in [2.45, 2.75) is 33.4 Å². The van der Waals surface area contributed by atoms with Crippen LogP contribution in [-0.4, -0.2) is 21.1 Å². The van der Waals surface area contributed by atoms with Crippen LogP contribution in [0.25, 0.3) is 0 Å². The molecular formula is C12H18N4S. The first-order valence-corrected chi connectivity index (χ1v) is 6.73. The highest BCUT2D eigenvalue weighted by atomic mass is 32.1. The molecular weight excluding hydrogens is 232 g/mol. The topological polar surface area (TPSA) is 42.7 Å². The number of hydrogen-bond acceptors (Lipinski definition) is 4. The van der Waals surface area contributed by atoms with E-state index in [0.717, 1.165) is 23.8 Å². The van der Waals surface area contributed by atoms with Crippen LogP contribution in [-0.2, 0) is 6.54 Å². The summed E-state index contributed by atoms with van der Waals surface area (Å²) in [4.78, 5) is 8.77. The lowest BCUT2D eigenvalue weighted by Gasteiger charge is -2.14. The average molecular weight is 250 g/mol. The summed E-state index contributed by atoms with van der Waals surface area (Å²) in [6.07, 6.45) is 3.80. The molecule has 2 aromatic rings. The van der Waals surface area contributed by atoms with Crippen LogP contribution in [0.5, 0.6) is 0 Å². The van der Waals surface area contributed by atoms with Crippen molar-refractivity contribution in [1.29, 1.82) is 0 Å². The second-order valence-corrected chi connectivity index (χ2v) is 4.97. The van der Waals surface area contributed by atoms with Gasteiger partial charge in [0.2, 0.25) is 0 Å². The maximum atomic E-state index is 4.54. The van der Waals surface area contributed by atoms with E-state index in [1.807, 2.05) is 19.4 Å². The van der Waals surface area contributed by atoms with E-state index in [0.29, 0.717) is 0 Å². The van der Waals surface area contributed by atoms with Gasteiger partial charge in [0.1, 0.15) is 5.01 Å². The molecule has 0 saturated heterocycles. The number of nitrogens with zero attached hydrogens (tertiary/aromatic N) is 3. The van der Waals surface area contributed by atoms with Gasteiger partial charge in [-0.3, -0.25) is 0 Å². The average Bonchev–Trinajstić information content (AvgIpc) is 2.94. The number of nitrogens with one attached hydrogen (secondary N) is 1. The van der Waals surface area contributed by atoms with Gasteiger partial charge in [0.15, 0.2) is 0 Å². The largest absolute Gasteiger partial charge is 0.324 e. The molecule has 5 heteroatoms.